The van der Waals surface area contributed by atoms with Crippen LogP contribution in [0.3, 0.4) is 0 Å². The minimum atomic E-state index is -0.305. The van der Waals surface area contributed by atoms with Gasteiger partial charge in [0, 0.05) is 6.07 Å². The summed E-state index contributed by atoms with van der Waals surface area (Å²) >= 11 is 0. The third kappa shape index (κ3) is 1.23. The monoisotopic (exact) mass is 141 g/mol. The summed E-state index contributed by atoms with van der Waals surface area (Å²) in [5, 5.41) is 0. The third-order valence-corrected chi connectivity index (χ3v) is 1.20. The molecule has 0 radical (unpaired) electrons. The first-order valence-corrected chi connectivity index (χ1v) is 2.91. The molecular weight excluding hydrogens is 133 g/mol. The minimum Gasteiger partial charge on any atom is -0.481 e. The highest BCUT2D eigenvalue weighted by molar-refractivity contribution is 5.16. The molecule has 1 heterocycles. The van der Waals surface area contributed by atoms with Crippen LogP contribution in [0.25, 0.3) is 0 Å². The van der Waals surface area contributed by atoms with Crippen LogP contribution in [-0.4, -0.2) is 12.1 Å². The van der Waals surface area contributed by atoms with E-state index in [2.05, 4.69) is 4.98 Å². The summed E-state index contributed by atoms with van der Waals surface area (Å²) in [5.41, 5.74) is 0.361. The largest absolute Gasteiger partial charge is 0.481 e. The van der Waals surface area contributed by atoms with Crippen LogP contribution in [0.1, 0.15) is 5.69 Å². The van der Waals surface area contributed by atoms with Crippen molar-refractivity contribution in [1.82, 2.24) is 4.98 Å². The number of hydrogen-bond acceptors (Lipinski definition) is 2. The fraction of sp³-hybridized carbons (Fsp3) is 0.286. The normalized spacial score (nSPS) is 9.50. The summed E-state index contributed by atoms with van der Waals surface area (Å²) < 4.78 is 17.3. The van der Waals surface area contributed by atoms with Gasteiger partial charge in [-0.1, -0.05) is 0 Å². The van der Waals surface area contributed by atoms with Crippen molar-refractivity contribution in [2.24, 2.45) is 0 Å². The number of aryl methyl sites for hydroxylation is 1. The standard InChI is InChI=1S/C7H8FNO/c1-5-6(8)3-4-7(9-5)10-2/h3-4H,1-2H3. The first-order chi connectivity index (χ1) is 4.74. The number of ether oxygens (including phenoxy) is 1. The average molecular weight is 141 g/mol. The van der Waals surface area contributed by atoms with Crippen LogP contribution < -0.4 is 4.74 Å². The van der Waals surface area contributed by atoms with Gasteiger partial charge in [0.15, 0.2) is 0 Å². The Bertz CT molecular complexity index is 237. The lowest BCUT2D eigenvalue weighted by atomic mass is 10.4. The molecule has 0 unspecified atom stereocenters. The molecule has 1 aromatic rings. The summed E-state index contributed by atoms with van der Waals surface area (Å²) in [6.45, 7) is 1.60. The number of methoxy groups -OCH3 is 1. The maximum atomic E-state index is 12.5. The van der Waals surface area contributed by atoms with E-state index in [1.165, 1.54) is 19.2 Å². The minimum absolute atomic E-state index is 0.305. The predicted octanol–water partition coefficient (Wildman–Crippen LogP) is 1.54. The van der Waals surface area contributed by atoms with Crippen LogP contribution in [-0.2, 0) is 0 Å². The van der Waals surface area contributed by atoms with Gasteiger partial charge in [0.05, 0.1) is 12.8 Å². The van der Waals surface area contributed by atoms with Crippen molar-refractivity contribution >= 4 is 0 Å². The van der Waals surface area contributed by atoms with E-state index in [0.717, 1.165) is 0 Å². The second kappa shape index (κ2) is 2.64. The predicted molar refractivity (Wildman–Crippen MR) is 35.5 cm³/mol. The summed E-state index contributed by atoms with van der Waals surface area (Å²) in [4.78, 5) is 3.79. The maximum Gasteiger partial charge on any atom is 0.213 e. The summed E-state index contributed by atoms with van der Waals surface area (Å²) in [6, 6.07) is 2.82. The Balaban J connectivity index is 3.04. The molecule has 10 heavy (non-hydrogen) atoms. The van der Waals surface area contributed by atoms with Crippen LogP contribution in [0.2, 0.25) is 0 Å². The lowest BCUT2D eigenvalue weighted by Crippen LogP contribution is -1.91. The van der Waals surface area contributed by atoms with Gasteiger partial charge < -0.3 is 4.74 Å². The van der Waals surface area contributed by atoms with E-state index < -0.39 is 0 Å². The molecule has 0 atom stereocenters. The van der Waals surface area contributed by atoms with Crippen LogP contribution in [0.15, 0.2) is 12.1 Å². The van der Waals surface area contributed by atoms with E-state index in [-0.39, 0.29) is 5.82 Å². The topological polar surface area (TPSA) is 22.1 Å². The quantitative estimate of drug-likeness (QED) is 0.591. The number of aromatic nitrogens is 1. The van der Waals surface area contributed by atoms with E-state index >= 15 is 0 Å². The van der Waals surface area contributed by atoms with Crippen LogP contribution in [0.4, 0.5) is 4.39 Å². The highest BCUT2D eigenvalue weighted by Crippen LogP contribution is 2.09. The molecule has 0 aliphatic heterocycles. The van der Waals surface area contributed by atoms with Gasteiger partial charge in [-0.2, -0.15) is 0 Å². The van der Waals surface area contributed by atoms with Crippen molar-refractivity contribution < 1.29 is 9.13 Å². The molecule has 1 rings (SSSR count). The van der Waals surface area contributed by atoms with Crippen molar-refractivity contribution in [2.45, 2.75) is 6.92 Å². The van der Waals surface area contributed by atoms with Gasteiger partial charge >= 0.3 is 0 Å². The molecule has 0 aromatic carbocycles. The maximum absolute atomic E-state index is 12.5. The molecule has 0 aliphatic rings. The molecule has 2 nitrogen and oxygen atoms in total. The van der Waals surface area contributed by atoms with Gasteiger partial charge in [-0.15, -0.1) is 0 Å². The molecule has 3 heteroatoms. The van der Waals surface area contributed by atoms with E-state index in [1.54, 1.807) is 6.92 Å². The van der Waals surface area contributed by atoms with Crippen molar-refractivity contribution in [1.29, 1.82) is 0 Å². The van der Waals surface area contributed by atoms with Crippen LogP contribution in [0, 0.1) is 12.7 Å². The van der Waals surface area contributed by atoms with Gasteiger partial charge in [0.25, 0.3) is 0 Å². The van der Waals surface area contributed by atoms with Crippen molar-refractivity contribution in [2.75, 3.05) is 7.11 Å². The molecule has 54 valence electrons. The smallest absolute Gasteiger partial charge is 0.213 e. The Kier molecular flexibility index (Phi) is 1.85. The van der Waals surface area contributed by atoms with Gasteiger partial charge in [-0.25, -0.2) is 9.37 Å². The highest BCUT2D eigenvalue weighted by atomic mass is 19.1. The van der Waals surface area contributed by atoms with Crippen molar-refractivity contribution in [3.05, 3.63) is 23.6 Å². The average Bonchev–Trinajstić information content (AvgIpc) is 1.95. The Labute approximate surface area is 58.7 Å². The van der Waals surface area contributed by atoms with E-state index in [1.807, 2.05) is 0 Å². The first-order valence-electron chi connectivity index (χ1n) is 2.91. The fourth-order valence-corrected chi connectivity index (χ4v) is 0.635. The molecule has 0 spiro atoms. The van der Waals surface area contributed by atoms with Gasteiger partial charge in [0.1, 0.15) is 5.82 Å². The Morgan fingerprint density at radius 3 is 2.70 bits per heavy atom. The molecule has 0 saturated heterocycles. The molecule has 0 fully saturated rings. The third-order valence-electron chi connectivity index (χ3n) is 1.20. The number of nitrogens with zero attached hydrogens (tertiary/aromatic N) is 1. The zero-order chi connectivity index (χ0) is 7.56. The molecule has 0 amide bonds. The second-order valence-electron chi connectivity index (χ2n) is 1.92. The van der Waals surface area contributed by atoms with Crippen LogP contribution >= 0.6 is 0 Å². The van der Waals surface area contributed by atoms with Gasteiger partial charge in [-0.05, 0) is 13.0 Å². The molecule has 1 aromatic heterocycles. The highest BCUT2D eigenvalue weighted by Gasteiger charge is 1.98. The van der Waals surface area contributed by atoms with Crippen LogP contribution in [0.5, 0.6) is 5.88 Å². The number of hydrogen-bond donors (Lipinski definition) is 0. The lowest BCUT2D eigenvalue weighted by molar-refractivity contribution is 0.394. The zero-order valence-electron chi connectivity index (χ0n) is 5.89. The SMILES string of the molecule is COc1ccc(F)c(C)n1. The number of halogens is 1. The van der Waals surface area contributed by atoms with Gasteiger partial charge in [0.2, 0.25) is 5.88 Å². The fourth-order valence-electron chi connectivity index (χ4n) is 0.635. The molecular formula is C7H8FNO. The van der Waals surface area contributed by atoms with Crippen molar-refractivity contribution in [3.63, 3.8) is 0 Å². The lowest BCUT2D eigenvalue weighted by Gasteiger charge is -1.98. The Morgan fingerprint density at radius 2 is 2.20 bits per heavy atom. The molecule has 0 bridgehead atoms. The molecule has 0 saturated carbocycles. The van der Waals surface area contributed by atoms with E-state index in [0.29, 0.717) is 11.6 Å². The zero-order valence-corrected chi connectivity index (χ0v) is 5.89. The van der Waals surface area contributed by atoms with E-state index in [9.17, 15) is 4.39 Å². The van der Waals surface area contributed by atoms with E-state index in [4.69, 9.17) is 4.74 Å². The second-order valence-corrected chi connectivity index (χ2v) is 1.92. The Hall–Kier alpha value is -1.12. The van der Waals surface area contributed by atoms with Gasteiger partial charge in [-0.3, -0.25) is 0 Å². The first kappa shape index (κ1) is 6.99. The summed E-state index contributed by atoms with van der Waals surface area (Å²) in [5.74, 6) is 0.139. The molecule has 0 N–H and O–H groups in total. The Morgan fingerprint density at radius 1 is 1.50 bits per heavy atom. The summed E-state index contributed by atoms with van der Waals surface area (Å²) in [7, 11) is 1.50. The number of pyridine rings is 1. The number of rotatable bonds is 1. The van der Waals surface area contributed by atoms with Crippen molar-refractivity contribution in [3.8, 4) is 5.88 Å². The molecule has 0 aliphatic carbocycles. The summed E-state index contributed by atoms with van der Waals surface area (Å²) in [6.07, 6.45) is 0.